The summed E-state index contributed by atoms with van der Waals surface area (Å²) in [5, 5.41) is 15.0. The summed E-state index contributed by atoms with van der Waals surface area (Å²) >= 11 is 1.31. The molecule has 3 rings (SSSR count). The second-order valence-corrected chi connectivity index (χ2v) is 8.33. The van der Waals surface area contributed by atoms with E-state index in [0.717, 1.165) is 11.3 Å². The van der Waals surface area contributed by atoms with Crippen LogP contribution in [0.1, 0.15) is 48.6 Å². The molecule has 3 aromatic rings. The lowest BCUT2D eigenvalue weighted by Crippen LogP contribution is -2.29. The van der Waals surface area contributed by atoms with Crippen LogP contribution in [-0.4, -0.2) is 38.9 Å². The molecule has 8 nitrogen and oxygen atoms in total. The third-order valence-electron chi connectivity index (χ3n) is 4.97. The number of aromatic nitrogens is 3. The van der Waals surface area contributed by atoms with Crippen LogP contribution in [0.3, 0.4) is 0 Å². The zero-order valence-electron chi connectivity index (χ0n) is 19.3. The van der Waals surface area contributed by atoms with Crippen LogP contribution in [0.5, 0.6) is 5.75 Å². The van der Waals surface area contributed by atoms with Crippen molar-refractivity contribution >= 4 is 29.3 Å². The molecular formula is C24H29N5O3S. The van der Waals surface area contributed by atoms with E-state index in [2.05, 4.69) is 20.8 Å². The Kier molecular flexibility index (Phi) is 8.48. The van der Waals surface area contributed by atoms with Crippen molar-refractivity contribution in [1.29, 1.82) is 0 Å². The molecule has 1 aromatic heterocycles. The van der Waals surface area contributed by atoms with Gasteiger partial charge < -0.3 is 19.9 Å². The monoisotopic (exact) mass is 467 g/mol. The number of benzene rings is 2. The second kappa shape index (κ2) is 11.5. The minimum atomic E-state index is -0.336. The number of amides is 2. The molecule has 0 spiro atoms. The molecule has 174 valence electrons. The van der Waals surface area contributed by atoms with E-state index >= 15 is 0 Å². The summed E-state index contributed by atoms with van der Waals surface area (Å²) in [5.74, 6) is 1.30. The number of nitrogens with zero attached hydrogens (tertiary/aromatic N) is 3. The summed E-state index contributed by atoms with van der Waals surface area (Å²) in [7, 11) is 0. The van der Waals surface area contributed by atoms with E-state index in [1.54, 1.807) is 18.2 Å². The summed E-state index contributed by atoms with van der Waals surface area (Å²) in [5.41, 5.74) is 2.25. The number of rotatable bonds is 10. The van der Waals surface area contributed by atoms with Crippen LogP contribution in [0.25, 0.3) is 0 Å². The van der Waals surface area contributed by atoms with E-state index in [-0.39, 0.29) is 23.6 Å². The highest BCUT2D eigenvalue weighted by Crippen LogP contribution is 2.22. The zero-order valence-corrected chi connectivity index (χ0v) is 20.1. The first-order valence-electron chi connectivity index (χ1n) is 10.9. The van der Waals surface area contributed by atoms with Crippen molar-refractivity contribution in [3.63, 3.8) is 0 Å². The third kappa shape index (κ3) is 6.35. The molecule has 0 saturated carbocycles. The Morgan fingerprint density at radius 2 is 1.82 bits per heavy atom. The van der Waals surface area contributed by atoms with E-state index < -0.39 is 0 Å². The molecule has 2 amide bonds. The van der Waals surface area contributed by atoms with Gasteiger partial charge in [-0.1, -0.05) is 30.0 Å². The van der Waals surface area contributed by atoms with Gasteiger partial charge in [0, 0.05) is 17.8 Å². The summed E-state index contributed by atoms with van der Waals surface area (Å²) in [6.07, 6.45) is 0. The van der Waals surface area contributed by atoms with Crippen LogP contribution in [0.4, 0.5) is 5.69 Å². The van der Waals surface area contributed by atoms with Crippen molar-refractivity contribution in [3.05, 3.63) is 65.5 Å². The fourth-order valence-electron chi connectivity index (χ4n) is 3.32. The van der Waals surface area contributed by atoms with Crippen molar-refractivity contribution in [2.45, 2.75) is 45.4 Å². The fourth-order valence-corrected chi connectivity index (χ4v) is 4.13. The molecule has 9 heteroatoms. The lowest BCUT2D eigenvalue weighted by atomic mass is 10.1. The maximum atomic E-state index is 12.7. The van der Waals surface area contributed by atoms with Crippen molar-refractivity contribution in [2.24, 2.45) is 0 Å². The van der Waals surface area contributed by atoms with Crippen molar-refractivity contribution in [1.82, 2.24) is 20.1 Å². The molecule has 2 N–H and O–H groups in total. The summed E-state index contributed by atoms with van der Waals surface area (Å²) in [6, 6.07) is 14.4. The molecule has 2 aromatic carbocycles. The van der Waals surface area contributed by atoms with Crippen molar-refractivity contribution < 1.29 is 14.3 Å². The molecule has 0 radical (unpaired) electrons. The number of anilines is 1. The highest BCUT2D eigenvalue weighted by Gasteiger charge is 2.20. The molecule has 1 heterocycles. The normalized spacial score (nSPS) is 11.6. The first-order chi connectivity index (χ1) is 15.9. The van der Waals surface area contributed by atoms with Gasteiger partial charge >= 0.3 is 0 Å². The van der Waals surface area contributed by atoms with Crippen molar-refractivity contribution in [2.75, 3.05) is 17.7 Å². The van der Waals surface area contributed by atoms with Gasteiger partial charge in [0.15, 0.2) is 11.0 Å². The molecule has 1 atom stereocenters. The maximum Gasteiger partial charge on any atom is 0.252 e. The van der Waals surface area contributed by atoms with Gasteiger partial charge in [-0.2, -0.15) is 0 Å². The Bertz CT molecular complexity index is 1100. The fraction of sp³-hybridized carbons (Fsp3) is 0.333. The Morgan fingerprint density at radius 3 is 2.48 bits per heavy atom. The zero-order chi connectivity index (χ0) is 23.8. The number of hydrogen-bond donors (Lipinski definition) is 2. The minimum absolute atomic E-state index is 0.141. The lowest BCUT2D eigenvalue weighted by Gasteiger charge is -2.16. The van der Waals surface area contributed by atoms with E-state index in [1.165, 1.54) is 11.8 Å². The van der Waals surface area contributed by atoms with Crippen LogP contribution < -0.4 is 15.4 Å². The average molecular weight is 468 g/mol. The number of carbonyl (C=O) groups is 2. The quantitative estimate of drug-likeness (QED) is 0.433. The number of aryl methyl sites for hydroxylation is 1. The molecule has 0 aliphatic heterocycles. The predicted octanol–water partition coefficient (Wildman–Crippen LogP) is 4.23. The minimum Gasteiger partial charge on any atom is -0.494 e. The molecule has 0 unspecified atom stereocenters. The van der Waals surface area contributed by atoms with Gasteiger partial charge in [-0.15, -0.1) is 10.2 Å². The molecule has 0 aliphatic carbocycles. The third-order valence-corrected chi connectivity index (χ3v) is 5.93. The SMILES string of the molecule is CCOc1ccc(NC(=O)CSc2nnc([C@@H](C)NC(=O)c3ccccc3C)n2CC)cc1. The lowest BCUT2D eigenvalue weighted by molar-refractivity contribution is -0.113. The highest BCUT2D eigenvalue weighted by atomic mass is 32.2. The van der Waals surface area contributed by atoms with Gasteiger partial charge in [0.1, 0.15) is 5.75 Å². The van der Waals surface area contributed by atoms with Gasteiger partial charge in [-0.25, -0.2) is 0 Å². The Labute approximate surface area is 198 Å². The number of thioether (sulfide) groups is 1. The second-order valence-electron chi connectivity index (χ2n) is 7.39. The van der Waals surface area contributed by atoms with Crippen LogP contribution in [0.15, 0.2) is 53.7 Å². The number of ether oxygens (including phenoxy) is 1. The Hall–Kier alpha value is -3.33. The Morgan fingerprint density at radius 1 is 1.09 bits per heavy atom. The highest BCUT2D eigenvalue weighted by molar-refractivity contribution is 7.99. The van der Waals surface area contributed by atoms with Crippen LogP contribution in [0.2, 0.25) is 0 Å². The first kappa shape index (κ1) is 24.3. The molecular weight excluding hydrogens is 438 g/mol. The summed E-state index contributed by atoms with van der Waals surface area (Å²) in [6.45, 7) is 8.89. The summed E-state index contributed by atoms with van der Waals surface area (Å²) in [4.78, 5) is 25.1. The van der Waals surface area contributed by atoms with Gasteiger partial charge in [0.25, 0.3) is 5.91 Å². The molecule has 33 heavy (non-hydrogen) atoms. The van der Waals surface area contributed by atoms with Crippen molar-refractivity contribution in [3.8, 4) is 5.75 Å². The summed E-state index contributed by atoms with van der Waals surface area (Å²) < 4.78 is 7.33. The standard InChI is InChI=1S/C24H29N5O3S/c1-5-29-22(17(4)25-23(31)20-10-8-7-9-16(20)3)27-28-24(29)33-15-21(30)26-18-11-13-19(14-12-18)32-6-2/h7-14,17H,5-6,15H2,1-4H3,(H,25,31)(H,26,30)/t17-/m1/s1. The van der Waals surface area contributed by atoms with E-state index in [4.69, 9.17) is 4.74 Å². The van der Waals surface area contributed by atoms with Crippen LogP contribution >= 0.6 is 11.8 Å². The largest absolute Gasteiger partial charge is 0.494 e. The van der Waals surface area contributed by atoms with E-state index in [9.17, 15) is 9.59 Å². The molecule has 0 bridgehead atoms. The first-order valence-corrected chi connectivity index (χ1v) is 11.9. The van der Waals surface area contributed by atoms with E-state index in [0.29, 0.717) is 35.4 Å². The molecule has 0 fully saturated rings. The van der Waals surface area contributed by atoms with E-state index in [1.807, 2.05) is 62.6 Å². The average Bonchev–Trinajstić information content (AvgIpc) is 3.22. The van der Waals surface area contributed by atoms with Gasteiger partial charge in [-0.05, 0) is 63.6 Å². The predicted molar refractivity (Wildman–Crippen MR) is 130 cm³/mol. The van der Waals surface area contributed by atoms with Gasteiger partial charge in [-0.3, -0.25) is 9.59 Å². The maximum absolute atomic E-state index is 12.7. The topological polar surface area (TPSA) is 98.1 Å². The smallest absolute Gasteiger partial charge is 0.252 e. The van der Waals surface area contributed by atoms with Crippen LogP contribution in [-0.2, 0) is 11.3 Å². The number of hydrogen-bond acceptors (Lipinski definition) is 6. The van der Waals surface area contributed by atoms with Gasteiger partial charge in [0.05, 0.1) is 18.4 Å². The Balaban J connectivity index is 1.59. The molecule has 0 saturated heterocycles. The van der Waals surface area contributed by atoms with Crippen LogP contribution in [0, 0.1) is 6.92 Å². The number of carbonyl (C=O) groups excluding carboxylic acids is 2. The molecule has 0 aliphatic rings. The number of nitrogens with one attached hydrogen (secondary N) is 2. The van der Waals surface area contributed by atoms with Gasteiger partial charge in [0.2, 0.25) is 5.91 Å².